The van der Waals surface area contributed by atoms with Crippen LogP contribution in [0.15, 0.2) is 35.1 Å². The van der Waals surface area contributed by atoms with Gasteiger partial charge in [0, 0.05) is 23.5 Å². The average Bonchev–Trinajstić information content (AvgIpc) is 2.76. The highest BCUT2D eigenvalue weighted by Crippen LogP contribution is 2.42. The Morgan fingerprint density at radius 1 is 1.24 bits per heavy atom. The molecule has 1 aliphatic carbocycles. The minimum absolute atomic E-state index is 0.265. The largest absolute Gasteiger partial charge is 0.334 e. The van der Waals surface area contributed by atoms with Crippen LogP contribution in [0.2, 0.25) is 0 Å². The van der Waals surface area contributed by atoms with Gasteiger partial charge in [0.05, 0.1) is 0 Å². The van der Waals surface area contributed by atoms with E-state index in [1.807, 2.05) is 12.1 Å². The van der Waals surface area contributed by atoms with Crippen molar-refractivity contribution in [3.05, 3.63) is 36.5 Å². The van der Waals surface area contributed by atoms with Crippen LogP contribution >= 0.6 is 0 Å². The molecule has 1 aliphatic rings. The summed E-state index contributed by atoms with van der Waals surface area (Å²) in [7, 11) is 0. The molecule has 2 heterocycles. The van der Waals surface area contributed by atoms with Crippen molar-refractivity contribution in [3.8, 4) is 11.4 Å². The number of hydrogen-bond acceptors (Lipinski definition) is 4. The van der Waals surface area contributed by atoms with Gasteiger partial charge in [-0.15, -0.1) is 0 Å². The van der Waals surface area contributed by atoms with E-state index in [2.05, 4.69) is 35.0 Å². The highest BCUT2D eigenvalue weighted by atomic mass is 16.5. The SMILES string of the molecule is CC1(C)C=C(c2nc(-c3ccncc3)no2)C1. The summed E-state index contributed by atoms with van der Waals surface area (Å²) in [6, 6.07) is 3.74. The van der Waals surface area contributed by atoms with Crippen molar-refractivity contribution in [2.45, 2.75) is 20.3 Å². The molecular formula is C13H13N3O. The van der Waals surface area contributed by atoms with Gasteiger partial charge >= 0.3 is 0 Å². The number of allylic oxidation sites excluding steroid dienone is 2. The van der Waals surface area contributed by atoms with Gasteiger partial charge in [0.15, 0.2) is 0 Å². The summed E-state index contributed by atoms with van der Waals surface area (Å²) >= 11 is 0. The van der Waals surface area contributed by atoms with Gasteiger partial charge in [-0.05, 0) is 24.0 Å². The number of hydrogen-bond donors (Lipinski definition) is 0. The molecule has 0 saturated heterocycles. The van der Waals surface area contributed by atoms with Crippen molar-refractivity contribution in [2.24, 2.45) is 5.41 Å². The second kappa shape index (κ2) is 3.52. The van der Waals surface area contributed by atoms with Crippen molar-refractivity contribution in [3.63, 3.8) is 0 Å². The van der Waals surface area contributed by atoms with Gasteiger partial charge in [0.1, 0.15) is 0 Å². The first-order chi connectivity index (χ1) is 8.14. The van der Waals surface area contributed by atoms with E-state index in [9.17, 15) is 0 Å². The van der Waals surface area contributed by atoms with Gasteiger partial charge in [0.25, 0.3) is 5.89 Å². The van der Waals surface area contributed by atoms with Crippen molar-refractivity contribution in [1.29, 1.82) is 0 Å². The maximum Gasteiger partial charge on any atom is 0.253 e. The van der Waals surface area contributed by atoms with Crippen LogP contribution in [0.25, 0.3) is 17.0 Å². The van der Waals surface area contributed by atoms with Gasteiger partial charge in [-0.3, -0.25) is 4.98 Å². The smallest absolute Gasteiger partial charge is 0.253 e. The standard InChI is InChI=1S/C13H13N3O/c1-13(2)7-10(8-13)12-15-11(16-17-12)9-3-5-14-6-4-9/h3-7H,8H2,1-2H3. The summed E-state index contributed by atoms with van der Waals surface area (Å²) < 4.78 is 5.27. The Morgan fingerprint density at radius 2 is 1.94 bits per heavy atom. The third-order valence-electron chi connectivity index (χ3n) is 2.85. The van der Waals surface area contributed by atoms with Gasteiger partial charge in [0.2, 0.25) is 5.82 Å². The quantitative estimate of drug-likeness (QED) is 0.791. The Kier molecular flexibility index (Phi) is 2.11. The Bertz CT molecular complexity index is 569. The number of pyridine rings is 1. The maximum atomic E-state index is 5.27. The zero-order valence-corrected chi connectivity index (χ0v) is 9.84. The van der Waals surface area contributed by atoms with Crippen molar-refractivity contribution >= 4 is 5.57 Å². The van der Waals surface area contributed by atoms with Gasteiger partial charge in [-0.25, -0.2) is 0 Å². The van der Waals surface area contributed by atoms with E-state index in [1.165, 1.54) is 0 Å². The van der Waals surface area contributed by atoms with Crippen LogP contribution in [0.4, 0.5) is 0 Å². The Balaban J connectivity index is 1.90. The minimum Gasteiger partial charge on any atom is -0.334 e. The Labute approximate surface area is 99.4 Å². The molecule has 0 unspecified atom stereocenters. The first-order valence-corrected chi connectivity index (χ1v) is 5.60. The van der Waals surface area contributed by atoms with E-state index in [0.29, 0.717) is 11.7 Å². The van der Waals surface area contributed by atoms with Crippen LogP contribution in [0.5, 0.6) is 0 Å². The molecule has 0 radical (unpaired) electrons. The summed E-state index contributed by atoms with van der Waals surface area (Å²) in [6.45, 7) is 4.38. The summed E-state index contributed by atoms with van der Waals surface area (Å²) in [5.41, 5.74) is 2.33. The van der Waals surface area contributed by atoms with E-state index in [4.69, 9.17) is 4.52 Å². The summed E-state index contributed by atoms with van der Waals surface area (Å²) in [6.07, 6.45) is 6.61. The topological polar surface area (TPSA) is 51.8 Å². The third kappa shape index (κ3) is 1.86. The van der Waals surface area contributed by atoms with E-state index in [1.54, 1.807) is 12.4 Å². The van der Waals surface area contributed by atoms with Gasteiger partial charge < -0.3 is 4.52 Å². The molecule has 0 N–H and O–H groups in total. The fourth-order valence-electron chi connectivity index (χ4n) is 2.04. The fraction of sp³-hybridized carbons (Fsp3) is 0.308. The van der Waals surface area contributed by atoms with Crippen LogP contribution < -0.4 is 0 Å². The molecule has 0 aliphatic heterocycles. The van der Waals surface area contributed by atoms with Crippen LogP contribution in [-0.2, 0) is 0 Å². The predicted molar refractivity (Wildman–Crippen MR) is 63.9 cm³/mol. The normalized spacial score (nSPS) is 17.4. The number of nitrogens with zero attached hydrogens (tertiary/aromatic N) is 3. The van der Waals surface area contributed by atoms with E-state index in [-0.39, 0.29) is 5.41 Å². The predicted octanol–water partition coefficient (Wildman–Crippen LogP) is 2.94. The average molecular weight is 227 g/mol. The third-order valence-corrected chi connectivity index (χ3v) is 2.85. The molecule has 4 heteroatoms. The lowest BCUT2D eigenvalue weighted by atomic mass is 9.74. The summed E-state index contributed by atoms with van der Waals surface area (Å²) in [5, 5.41) is 3.98. The first-order valence-electron chi connectivity index (χ1n) is 5.60. The summed E-state index contributed by atoms with van der Waals surface area (Å²) in [4.78, 5) is 8.36. The van der Waals surface area contributed by atoms with Gasteiger partial charge in [-0.1, -0.05) is 25.1 Å². The molecule has 2 aromatic heterocycles. The lowest BCUT2D eigenvalue weighted by molar-refractivity contribution is 0.386. The fourth-order valence-corrected chi connectivity index (χ4v) is 2.04. The Hall–Kier alpha value is -1.97. The minimum atomic E-state index is 0.265. The molecule has 0 spiro atoms. The Morgan fingerprint density at radius 3 is 2.59 bits per heavy atom. The molecule has 4 nitrogen and oxygen atoms in total. The first kappa shape index (κ1) is 10.2. The molecule has 0 aromatic carbocycles. The molecule has 0 amide bonds. The highest BCUT2D eigenvalue weighted by Gasteiger charge is 2.30. The molecule has 17 heavy (non-hydrogen) atoms. The monoisotopic (exact) mass is 227 g/mol. The molecule has 0 fully saturated rings. The van der Waals surface area contributed by atoms with Crippen LogP contribution in [0.1, 0.15) is 26.2 Å². The van der Waals surface area contributed by atoms with Gasteiger partial charge in [-0.2, -0.15) is 4.98 Å². The molecule has 0 atom stereocenters. The van der Waals surface area contributed by atoms with Crippen molar-refractivity contribution in [2.75, 3.05) is 0 Å². The van der Waals surface area contributed by atoms with Crippen molar-refractivity contribution < 1.29 is 4.52 Å². The molecule has 0 bridgehead atoms. The van der Waals surface area contributed by atoms with Crippen LogP contribution in [-0.4, -0.2) is 15.1 Å². The summed E-state index contributed by atoms with van der Waals surface area (Å²) in [5.74, 6) is 1.25. The molecule has 3 rings (SSSR count). The number of rotatable bonds is 2. The molecule has 86 valence electrons. The zero-order chi connectivity index (χ0) is 11.9. The van der Waals surface area contributed by atoms with Crippen LogP contribution in [0.3, 0.4) is 0 Å². The number of aromatic nitrogens is 3. The lowest BCUT2D eigenvalue weighted by Crippen LogP contribution is -2.18. The lowest BCUT2D eigenvalue weighted by Gasteiger charge is -2.30. The zero-order valence-electron chi connectivity index (χ0n) is 9.84. The van der Waals surface area contributed by atoms with E-state index >= 15 is 0 Å². The second-order valence-electron chi connectivity index (χ2n) is 4.99. The highest BCUT2D eigenvalue weighted by molar-refractivity contribution is 5.67. The molecule has 2 aromatic rings. The van der Waals surface area contributed by atoms with Crippen LogP contribution in [0, 0.1) is 5.41 Å². The maximum absolute atomic E-state index is 5.27. The second-order valence-corrected chi connectivity index (χ2v) is 4.99. The molecular weight excluding hydrogens is 214 g/mol. The van der Waals surface area contributed by atoms with E-state index < -0.39 is 0 Å². The van der Waals surface area contributed by atoms with Crippen molar-refractivity contribution in [1.82, 2.24) is 15.1 Å². The molecule has 0 saturated carbocycles. The van der Waals surface area contributed by atoms with E-state index in [0.717, 1.165) is 17.6 Å².